The number of amides is 1. The summed E-state index contributed by atoms with van der Waals surface area (Å²) in [5, 5.41) is 10.2. The van der Waals surface area contributed by atoms with Crippen molar-refractivity contribution < 1.29 is 4.79 Å². The van der Waals surface area contributed by atoms with Gasteiger partial charge < -0.3 is 10.6 Å². The Balaban J connectivity index is 1.99. The highest BCUT2D eigenvalue weighted by Gasteiger charge is 2.09. The quantitative estimate of drug-likeness (QED) is 0.857. The van der Waals surface area contributed by atoms with E-state index in [-0.39, 0.29) is 11.9 Å². The minimum Gasteiger partial charge on any atom is -0.370 e. The molecule has 6 nitrogen and oxygen atoms in total. The highest BCUT2D eigenvalue weighted by Crippen LogP contribution is 2.12. The topological polar surface area (TPSA) is 71.8 Å². The Kier molecular flexibility index (Phi) is 4.92. The molecule has 0 aliphatic carbocycles. The first-order chi connectivity index (χ1) is 10.1. The van der Waals surface area contributed by atoms with E-state index in [1.165, 1.54) is 0 Å². The van der Waals surface area contributed by atoms with Gasteiger partial charge in [-0.1, -0.05) is 6.92 Å². The van der Waals surface area contributed by atoms with Crippen molar-refractivity contribution in [2.45, 2.75) is 33.2 Å². The van der Waals surface area contributed by atoms with Gasteiger partial charge in [0.2, 0.25) is 0 Å². The first-order valence-electron chi connectivity index (χ1n) is 7.15. The van der Waals surface area contributed by atoms with Crippen molar-refractivity contribution in [2.24, 2.45) is 0 Å². The molecule has 0 radical (unpaired) electrons. The number of hydrogen-bond acceptors (Lipinski definition) is 4. The van der Waals surface area contributed by atoms with Crippen LogP contribution in [0.4, 0.5) is 11.5 Å². The van der Waals surface area contributed by atoms with Gasteiger partial charge in [-0.05, 0) is 32.4 Å². The van der Waals surface area contributed by atoms with E-state index < -0.39 is 0 Å². The summed E-state index contributed by atoms with van der Waals surface area (Å²) in [6, 6.07) is 3.83. The maximum Gasteiger partial charge on any atom is 0.257 e. The van der Waals surface area contributed by atoms with Crippen LogP contribution in [0.25, 0.3) is 0 Å². The van der Waals surface area contributed by atoms with Gasteiger partial charge in [-0.3, -0.25) is 9.48 Å². The fourth-order valence-electron chi connectivity index (χ4n) is 1.77. The van der Waals surface area contributed by atoms with E-state index in [0.29, 0.717) is 11.3 Å². The van der Waals surface area contributed by atoms with Crippen LogP contribution in [0.1, 0.15) is 43.6 Å². The molecule has 0 aliphatic rings. The van der Waals surface area contributed by atoms with E-state index in [1.54, 1.807) is 23.1 Å². The second-order valence-corrected chi connectivity index (χ2v) is 5.12. The summed E-state index contributed by atoms with van der Waals surface area (Å²) < 4.78 is 1.80. The van der Waals surface area contributed by atoms with Crippen molar-refractivity contribution in [3.05, 3.63) is 36.3 Å². The lowest BCUT2D eigenvalue weighted by atomic mass is 10.2. The summed E-state index contributed by atoms with van der Waals surface area (Å²) >= 11 is 0. The van der Waals surface area contributed by atoms with Crippen LogP contribution < -0.4 is 10.6 Å². The Labute approximate surface area is 124 Å². The molecule has 2 rings (SSSR count). The maximum absolute atomic E-state index is 12.1. The monoisotopic (exact) mass is 287 g/mol. The van der Waals surface area contributed by atoms with E-state index in [2.05, 4.69) is 27.6 Å². The molecule has 0 saturated heterocycles. The van der Waals surface area contributed by atoms with Crippen LogP contribution in [0.3, 0.4) is 0 Å². The lowest BCUT2D eigenvalue weighted by Crippen LogP contribution is -2.12. The van der Waals surface area contributed by atoms with E-state index >= 15 is 0 Å². The van der Waals surface area contributed by atoms with Crippen LogP contribution in [0, 0.1) is 0 Å². The molecule has 0 atom stereocenters. The van der Waals surface area contributed by atoms with Gasteiger partial charge in [0, 0.05) is 25.0 Å². The molecular weight excluding hydrogens is 266 g/mol. The highest BCUT2D eigenvalue weighted by atomic mass is 16.1. The van der Waals surface area contributed by atoms with Crippen molar-refractivity contribution in [3.8, 4) is 0 Å². The third kappa shape index (κ3) is 4.05. The third-order valence-electron chi connectivity index (χ3n) is 2.97. The number of rotatable bonds is 6. The van der Waals surface area contributed by atoms with Gasteiger partial charge in [-0.2, -0.15) is 5.10 Å². The number of nitrogens with zero attached hydrogens (tertiary/aromatic N) is 3. The number of hydrogen-bond donors (Lipinski definition) is 2. The van der Waals surface area contributed by atoms with Crippen LogP contribution in [0.15, 0.2) is 30.7 Å². The first kappa shape index (κ1) is 15.0. The zero-order valence-corrected chi connectivity index (χ0v) is 12.6. The van der Waals surface area contributed by atoms with Crippen LogP contribution >= 0.6 is 0 Å². The lowest BCUT2D eigenvalue weighted by molar-refractivity contribution is 0.102. The van der Waals surface area contributed by atoms with E-state index in [1.807, 2.05) is 26.1 Å². The van der Waals surface area contributed by atoms with Gasteiger partial charge in [-0.25, -0.2) is 4.98 Å². The molecule has 0 bridgehead atoms. The van der Waals surface area contributed by atoms with Crippen molar-refractivity contribution >= 4 is 17.4 Å². The average Bonchev–Trinajstić information content (AvgIpc) is 2.94. The molecule has 0 fully saturated rings. The van der Waals surface area contributed by atoms with E-state index in [4.69, 9.17) is 0 Å². The number of carbonyl (C=O) groups excluding carboxylic acids is 1. The van der Waals surface area contributed by atoms with E-state index in [9.17, 15) is 4.79 Å². The number of aromatic nitrogens is 3. The van der Waals surface area contributed by atoms with Gasteiger partial charge >= 0.3 is 0 Å². The van der Waals surface area contributed by atoms with Crippen LogP contribution in [-0.2, 0) is 0 Å². The predicted octanol–water partition coefficient (Wildman–Crippen LogP) is 2.93. The normalized spacial score (nSPS) is 10.7. The predicted molar refractivity (Wildman–Crippen MR) is 83.6 cm³/mol. The van der Waals surface area contributed by atoms with Crippen molar-refractivity contribution in [1.29, 1.82) is 0 Å². The van der Waals surface area contributed by atoms with Gasteiger partial charge in [0.15, 0.2) is 0 Å². The molecule has 0 aliphatic heterocycles. The largest absolute Gasteiger partial charge is 0.370 e. The second-order valence-electron chi connectivity index (χ2n) is 5.12. The number of anilines is 2. The minimum absolute atomic E-state index is 0.187. The molecule has 0 aromatic carbocycles. The maximum atomic E-state index is 12.1. The molecule has 0 unspecified atom stereocenters. The van der Waals surface area contributed by atoms with Gasteiger partial charge in [0.1, 0.15) is 5.82 Å². The van der Waals surface area contributed by atoms with E-state index in [0.717, 1.165) is 18.8 Å². The van der Waals surface area contributed by atoms with Crippen LogP contribution in [0.2, 0.25) is 0 Å². The van der Waals surface area contributed by atoms with Gasteiger partial charge in [0.25, 0.3) is 5.91 Å². The van der Waals surface area contributed by atoms with Crippen molar-refractivity contribution in [3.63, 3.8) is 0 Å². The highest BCUT2D eigenvalue weighted by molar-refractivity contribution is 6.04. The molecular formula is C15H21N5O. The van der Waals surface area contributed by atoms with Crippen molar-refractivity contribution in [1.82, 2.24) is 14.8 Å². The molecule has 2 heterocycles. The third-order valence-corrected chi connectivity index (χ3v) is 2.97. The molecule has 2 aromatic heterocycles. The number of pyridine rings is 1. The van der Waals surface area contributed by atoms with Crippen molar-refractivity contribution in [2.75, 3.05) is 17.2 Å². The molecule has 2 aromatic rings. The molecule has 6 heteroatoms. The summed E-state index contributed by atoms with van der Waals surface area (Å²) in [6.45, 7) is 7.02. The minimum atomic E-state index is -0.187. The first-order valence-corrected chi connectivity index (χ1v) is 7.15. The Morgan fingerprint density at radius 2 is 2.14 bits per heavy atom. The molecule has 0 spiro atoms. The Bertz CT molecular complexity index is 588. The summed E-state index contributed by atoms with van der Waals surface area (Å²) in [4.78, 5) is 16.3. The van der Waals surface area contributed by atoms with Gasteiger partial charge in [0.05, 0.1) is 17.4 Å². The molecule has 0 saturated carbocycles. The zero-order valence-electron chi connectivity index (χ0n) is 12.6. The lowest BCUT2D eigenvalue weighted by Gasteiger charge is -2.06. The van der Waals surface area contributed by atoms with Crippen LogP contribution in [0.5, 0.6) is 0 Å². The number of carbonyl (C=O) groups is 1. The summed E-state index contributed by atoms with van der Waals surface area (Å²) in [6.07, 6.45) is 6.06. The Morgan fingerprint density at radius 1 is 1.33 bits per heavy atom. The average molecular weight is 287 g/mol. The smallest absolute Gasteiger partial charge is 0.257 e. The zero-order chi connectivity index (χ0) is 15.2. The summed E-state index contributed by atoms with van der Waals surface area (Å²) in [7, 11) is 0. The van der Waals surface area contributed by atoms with Gasteiger partial charge in [-0.15, -0.1) is 0 Å². The fourth-order valence-corrected chi connectivity index (χ4v) is 1.77. The molecule has 1 amide bonds. The molecule has 2 N–H and O–H groups in total. The fraction of sp³-hybridized carbons (Fsp3) is 0.400. The molecule has 21 heavy (non-hydrogen) atoms. The van der Waals surface area contributed by atoms with Crippen LogP contribution in [-0.4, -0.2) is 27.2 Å². The summed E-state index contributed by atoms with van der Waals surface area (Å²) in [5.41, 5.74) is 1.20. The Morgan fingerprint density at radius 3 is 2.71 bits per heavy atom. The molecule has 112 valence electrons. The standard InChI is InChI=1S/C15H21N5O/c1-4-7-16-14-6-5-12(8-17-14)15(21)19-13-9-18-20(10-13)11(2)3/h5-6,8-11H,4,7H2,1-3H3,(H,16,17)(H,19,21). The second kappa shape index (κ2) is 6.88. The number of nitrogens with one attached hydrogen (secondary N) is 2. The Hall–Kier alpha value is -2.37. The SMILES string of the molecule is CCCNc1ccc(C(=O)Nc2cnn(C(C)C)c2)cn1. The summed E-state index contributed by atoms with van der Waals surface area (Å²) in [5.74, 6) is 0.592.